The Balaban J connectivity index is 0.000000582. The van der Waals surface area contributed by atoms with Gasteiger partial charge in [0.2, 0.25) is 11.8 Å². The number of rotatable bonds is 12. The van der Waals surface area contributed by atoms with E-state index in [1.807, 2.05) is 30.0 Å². The number of primary amides is 1. The van der Waals surface area contributed by atoms with Crippen molar-refractivity contribution in [1.82, 2.24) is 10.3 Å². The number of para-hydroxylation sites is 1. The Bertz CT molecular complexity index is 911. The van der Waals surface area contributed by atoms with E-state index in [-0.39, 0.29) is 43.9 Å². The molecule has 0 saturated carbocycles. The minimum atomic E-state index is -1.40. The molecule has 2 amide bonds. The Hall–Kier alpha value is -3.03. The SMILES string of the molecule is C[N+](CO)(CO)CO.[2H]N[C@H](CCC(=O)N[C@@H](Cc1c[nH]c2ccccc12)C(=O)[O-])C(N)=O. The number of nitrogens with zero attached hydrogens (tertiary/aromatic N) is 1. The number of quaternary nitrogens is 1. The fourth-order valence-electron chi connectivity index (χ4n) is 2.53. The van der Waals surface area contributed by atoms with Crippen molar-refractivity contribution in [1.29, 1.82) is 0 Å². The Morgan fingerprint density at radius 3 is 2.34 bits per heavy atom. The molecule has 1 heterocycles. The summed E-state index contributed by atoms with van der Waals surface area (Å²) in [5, 5.41) is 39.9. The van der Waals surface area contributed by atoms with E-state index >= 15 is 0 Å². The van der Waals surface area contributed by atoms with E-state index in [9.17, 15) is 19.5 Å². The molecule has 0 aliphatic rings. The van der Waals surface area contributed by atoms with Crippen molar-refractivity contribution in [2.45, 2.75) is 31.3 Å². The van der Waals surface area contributed by atoms with Crippen LogP contribution in [0.4, 0.5) is 0 Å². The summed E-state index contributed by atoms with van der Waals surface area (Å²) < 4.78 is 6.84. The Labute approximate surface area is 186 Å². The molecule has 1 aromatic carbocycles. The van der Waals surface area contributed by atoms with E-state index in [1.165, 1.54) is 0 Å². The number of hydrogen-bond donors (Lipinski definition) is 7. The highest BCUT2D eigenvalue weighted by atomic mass is 16.4. The molecule has 0 aliphatic carbocycles. The molecule has 1 aromatic heterocycles. The molecule has 9 N–H and O–H groups in total. The second kappa shape index (κ2) is 12.7. The first-order chi connectivity index (χ1) is 15.6. The summed E-state index contributed by atoms with van der Waals surface area (Å²) in [5.74, 6) is -2.71. The summed E-state index contributed by atoms with van der Waals surface area (Å²) in [6, 6.07) is 5.24. The summed E-state index contributed by atoms with van der Waals surface area (Å²) in [4.78, 5) is 37.3. The number of carbonyl (C=O) groups is 3. The average molecular weight is 455 g/mol. The Kier molecular flexibility index (Phi) is 10.0. The van der Waals surface area contributed by atoms with Crippen LogP contribution in [0.5, 0.6) is 0 Å². The minimum absolute atomic E-state index is 0.00246. The molecule has 0 saturated heterocycles. The zero-order valence-electron chi connectivity index (χ0n) is 18.8. The number of aliphatic carboxylic acids is 1. The van der Waals surface area contributed by atoms with Crippen LogP contribution in [0.25, 0.3) is 10.9 Å². The van der Waals surface area contributed by atoms with Gasteiger partial charge in [-0.2, -0.15) is 0 Å². The van der Waals surface area contributed by atoms with Crippen LogP contribution in [0.1, 0.15) is 18.4 Å². The molecule has 2 rings (SSSR count). The van der Waals surface area contributed by atoms with E-state index in [0.29, 0.717) is 0 Å². The fraction of sp³-hybridized carbons (Fsp3) is 0.450. The predicted octanol–water partition coefficient (Wildman–Crippen LogP) is -3.18. The van der Waals surface area contributed by atoms with Gasteiger partial charge in [0.25, 0.3) is 0 Å². The van der Waals surface area contributed by atoms with Gasteiger partial charge in [0.15, 0.2) is 20.2 Å². The van der Waals surface area contributed by atoms with Gasteiger partial charge in [0, 0.05) is 29.9 Å². The second-order valence-electron chi connectivity index (χ2n) is 7.54. The lowest BCUT2D eigenvalue weighted by atomic mass is 10.0. The summed E-state index contributed by atoms with van der Waals surface area (Å²) in [6.45, 7) is -0.729. The molecule has 12 heteroatoms. The largest absolute Gasteiger partial charge is 0.548 e. The van der Waals surface area contributed by atoms with Crippen molar-refractivity contribution in [2.75, 3.05) is 27.2 Å². The Morgan fingerprint density at radius 2 is 1.84 bits per heavy atom. The van der Waals surface area contributed by atoms with Crippen molar-refractivity contribution in [3.8, 4) is 0 Å². The number of aromatic amines is 1. The molecule has 178 valence electrons. The van der Waals surface area contributed by atoms with Gasteiger partial charge in [0.1, 0.15) is 1.41 Å². The number of hydrogen-bond acceptors (Lipinski definition) is 8. The van der Waals surface area contributed by atoms with Crippen LogP contribution in [0.15, 0.2) is 30.5 Å². The van der Waals surface area contributed by atoms with Crippen molar-refractivity contribution in [3.63, 3.8) is 0 Å². The van der Waals surface area contributed by atoms with Gasteiger partial charge in [-0.1, -0.05) is 18.2 Å². The van der Waals surface area contributed by atoms with Crippen LogP contribution >= 0.6 is 0 Å². The van der Waals surface area contributed by atoms with Gasteiger partial charge in [0.05, 0.1) is 25.1 Å². The molecule has 0 bridgehead atoms. The summed E-state index contributed by atoms with van der Waals surface area (Å²) >= 11 is 0. The second-order valence-corrected chi connectivity index (χ2v) is 7.54. The standard InChI is InChI=1S/C16H20N4O4.C4H12NO3/c17-11(15(18)22)5-6-14(21)20-13(16(23)24)7-9-8-19-12-4-2-1-3-10(9)12;1-5(2-6,3-7)4-8/h1-4,8,11,13,19H,5-7,17H2,(H2,18,22)(H,20,21)(H,23,24);6-8H,2-4H2,1H3/q;+1/p-1/t11-,13+;/m1./s1/i/hD. The maximum atomic E-state index is 11.9. The van der Waals surface area contributed by atoms with Crippen LogP contribution in [0, 0.1) is 0 Å². The number of aromatic nitrogens is 1. The van der Waals surface area contributed by atoms with Gasteiger partial charge < -0.3 is 47.0 Å². The highest BCUT2D eigenvalue weighted by Crippen LogP contribution is 2.19. The van der Waals surface area contributed by atoms with Gasteiger partial charge in [-0.3, -0.25) is 14.1 Å². The summed E-state index contributed by atoms with van der Waals surface area (Å²) in [6.07, 6.45) is 1.61. The van der Waals surface area contributed by atoms with E-state index in [4.69, 9.17) is 22.5 Å². The van der Waals surface area contributed by atoms with Crippen molar-refractivity contribution in [3.05, 3.63) is 36.0 Å². The van der Waals surface area contributed by atoms with E-state index in [2.05, 4.69) is 10.3 Å². The quantitative estimate of drug-likeness (QED) is 0.128. The lowest BCUT2D eigenvalue weighted by Crippen LogP contribution is -2.49. The lowest BCUT2D eigenvalue weighted by Gasteiger charge is -2.25. The molecular weight excluding hydrogens is 422 g/mol. The Morgan fingerprint density at radius 1 is 1.22 bits per heavy atom. The molecule has 2 aromatic rings. The number of fused-ring (bicyclic) bond motifs is 1. The molecular formula is C20H31N5O7. The molecule has 0 radical (unpaired) electrons. The number of nitrogens with two attached hydrogens (primary N) is 2. The number of carboxylic acid groups (broad SMARTS) is 1. The number of carboxylic acids is 1. The van der Waals surface area contributed by atoms with E-state index in [0.717, 1.165) is 16.5 Å². The smallest absolute Gasteiger partial charge is 0.234 e. The molecule has 0 fully saturated rings. The first-order valence-electron chi connectivity index (χ1n) is 10.3. The lowest BCUT2D eigenvalue weighted by molar-refractivity contribution is -0.959. The maximum absolute atomic E-state index is 11.9. The normalized spacial score (nSPS) is 13.4. The van der Waals surface area contributed by atoms with E-state index in [1.54, 1.807) is 13.2 Å². The molecule has 0 aliphatic heterocycles. The number of aliphatic hydroxyl groups is 3. The first-order valence-corrected chi connectivity index (χ1v) is 9.78. The van der Waals surface area contributed by atoms with Gasteiger partial charge in [-0.05, 0) is 18.1 Å². The van der Waals surface area contributed by atoms with E-state index < -0.39 is 29.9 Å². The van der Waals surface area contributed by atoms with Crippen LogP contribution in [0.2, 0.25) is 1.41 Å². The third kappa shape index (κ3) is 8.24. The van der Waals surface area contributed by atoms with Crippen LogP contribution in [-0.4, -0.2) is 81.9 Å². The zero-order chi connectivity index (χ0) is 25.0. The first kappa shape index (κ1) is 25.2. The maximum Gasteiger partial charge on any atom is 0.234 e. The van der Waals surface area contributed by atoms with Crippen molar-refractivity contribution in [2.24, 2.45) is 11.5 Å². The topological polar surface area (TPSA) is 215 Å². The average Bonchev–Trinajstić information content (AvgIpc) is 3.21. The zero-order valence-corrected chi connectivity index (χ0v) is 17.8. The van der Waals surface area contributed by atoms with Crippen LogP contribution < -0.4 is 21.9 Å². The predicted molar refractivity (Wildman–Crippen MR) is 113 cm³/mol. The number of aliphatic hydroxyl groups excluding tert-OH is 3. The van der Waals surface area contributed by atoms with Crippen molar-refractivity contribution < 1.29 is 40.7 Å². The summed E-state index contributed by atoms with van der Waals surface area (Å²) in [7, 11) is 1.54. The number of amides is 2. The molecule has 12 nitrogen and oxygen atoms in total. The number of H-pyrrole nitrogens is 1. The molecule has 0 unspecified atom stereocenters. The highest BCUT2D eigenvalue weighted by molar-refractivity contribution is 5.86. The monoisotopic (exact) mass is 454 g/mol. The highest BCUT2D eigenvalue weighted by Gasteiger charge is 2.18. The number of nitrogens with one attached hydrogen (secondary N) is 2. The van der Waals surface area contributed by atoms with Gasteiger partial charge >= 0.3 is 0 Å². The number of benzene rings is 1. The fourth-order valence-corrected chi connectivity index (χ4v) is 2.53. The molecule has 2 atom stereocenters. The van der Waals surface area contributed by atoms with Gasteiger partial charge in [-0.15, -0.1) is 0 Å². The number of carbonyl (C=O) groups excluding carboxylic acids is 3. The third-order valence-corrected chi connectivity index (χ3v) is 4.75. The van der Waals surface area contributed by atoms with Crippen LogP contribution in [0.3, 0.4) is 0 Å². The van der Waals surface area contributed by atoms with Crippen LogP contribution in [-0.2, 0) is 20.8 Å². The third-order valence-electron chi connectivity index (χ3n) is 4.75. The van der Waals surface area contributed by atoms with Gasteiger partial charge in [-0.25, -0.2) is 0 Å². The molecule has 32 heavy (non-hydrogen) atoms. The molecule has 0 spiro atoms. The minimum Gasteiger partial charge on any atom is -0.548 e. The summed E-state index contributed by atoms with van der Waals surface area (Å²) in [5.41, 5.74) is 8.63. The van der Waals surface area contributed by atoms with Crippen molar-refractivity contribution >= 4 is 28.7 Å².